The van der Waals surface area contributed by atoms with Crippen LogP contribution in [0.25, 0.3) is 11.1 Å². The van der Waals surface area contributed by atoms with Crippen molar-refractivity contribution in [3.05, 3.63) is 54.2 Å². The average molecular weight is 539 g/mol. The van der Waals surface area contributed by atoms with Gasteiger partial charge in [0.2, 0.25) is 5.91 Å². The highest BCUT2D eigenvalue weighted by Crippen LogP contribution is 2.38. The van der Waals surface area contributed by atoms with Crippen LogP contribution >= 0.6 is 0 Å². The molecule has 0 saturated heterocycles. The predicted molar refractivity (Wildman–Crippen MR) is 153 cm³/mol. The first-order valence-electron chi connectivity index (χ1n) is 14.9. The maximum atomic E-state index is 14.0. The number of ether oxygens (including phenoxy) is 1. The SMILES string of the molecule is COc1ccc([C@H]2CC[C@H](CN(C(=O)C3CCCCC3)c3cc(-c4cnn(C5CC5)c4)ccn3)CC2)nc1C#N. The van der Waals surface area contributed by atoms with Crippen LogP contribution in [0.5, 0.6) is 5.75 Å². The lowest BCUT2D eigenvalue weighted by Crippen LogP contribution is -2.41. The standard InChI is InChI=1S/C32H38N6O2/c1-40-30-14-13-28(36-29(30)18-33)23-9-7-22(8-10-23)20-37(32(39)24-5-3-2-4-6-24)31-17-25(15-16-34-31)26-19-35-38(21-26)27-11-12-27/h13-17,19,21-24,27H,2-12,20H2,1H3/t22-,23-. The number of pyridine rings is 2. The third kappa shape index (κ3) is 5.74. The normalized spacial score (nSPS) is 21.5. The molecule has 0 bridgehead atoms. The van der Waals surface area contributed by atoms with Crippen LogP contribution < -0.4 is 9.64 Å². The Bertz CT molecular complexity index is 1380. The fraction of sp³-hybridized carbons (Fsp3) is 0.531. The molecule has 40 heavy (non-hydrogen) atoms. The minimum Gasteiger partial charge on any atom is -0.494 e. The summed E-state index contributed by atoms with van der Waals surface area (Å²) in [7, 11) is 1.56. The van der Waals surface area contributed by atoms with Gasteiger partial charge in [-0.3, -0.25) is 14.4 Å². The Balaban J connectivity index is 1.19. The summed E-state index contributed by atoms with van der Waals surface area (Å²) in [4.78, 5) is 25.3. The number of aromatic nitrogens is 4. The number of hydrogen-bond acceptors (Lipinski definition) is 6. The van der Waals surface area contributed by atoms with E-state index in [2.05, 4.69) is 33.1 Å². The van der Waals surface area contributed by atoms with Crippen LogP contribution in [0.3, 0.4) is 0 Å². The van der Waals surface area contributed by atoms with Crippen molar-refractivity contribution < 1.29 is 9.53 Å². The minimum absolute atomic E-state index is 0.0843. The largest absolute Gasteiger partial charge is 0.494 e. The van der Waals surface area contributed by atoms with Crippen LogP contribution in [0.4, 0.5) is 5.82 Å². The zero-order valence-electron chi connectivity index (χ0n) is 23.3. The quantitative estimate of drug-likeness (QED) is 0.327. The second-order valence-electron chi connectivity index (χ2n) is 11.7. The molecular formula is C32H38N6O2. The molecule has 6 rings (SSSR count). The van der Waals surface area contributed by atoms with Crippen molar-refractivity contribution in [1.29, 1.82) is 5.26 Å². The van der Waals surface area contributed by atoms with Crippen molar-refractivity contribution in [2.45, 2.75) is 82.6 Å². The molecule has 0 aromatic carbocycles. The molecule has 3 fully saturated rings. The fourth-order valence-corrected chi connectivity index (χ4v) is 6.47. The minimum atomic E-state index is 0.0843. The van der Waals surface area contributed by atoms with Gasteiger partial charge in [-0.15, -0.1) is 0 Å². The van der Waals surface area contributed by atoms with E-state index < -0.39 is 0 Å². The second-order valence-corrected chi connectivity index (χ2v) is 11.7. The highest BCUT2D eigenvalue weighted by molar-refractivity contribution is 5.94. The van der Waals surface area contributed by atoms with Crippen molar-refractivity contribution in [2.75, 3.05) is 18.6 Å². The van der Waals surface area contributed by atoms with Gasteiger partial charge in [-0.1, -0.05) is 19.3 Å². The topological polar surface area (TPSA) is 96.9 Å². The molecule has 208 valence electrons. The number of nitriles is 1. The van der Waals surface area contributed by atoms with Crippen LogP contribution in [-0.4, -0.2) is 39.3 Å². The number of carbonyl (C=O) groups is 1. The van der Waals surface area contributed by atoms with Gasteiger partial charge in [-0.2, -0.15) is 10.4 Å². The van der Waals surface area contributed by atoms with Crippen molar-refractivity contribution in [3.63, 3.8) is 0 Å². The van der Waals surface area contributed by atoms with E-state index in [1.165, 1.54) is 19.3 Å². The third-order valence-corrected chi connectivity index (χ3v) is 9.01. The van der Waals surface area contributed by atoms with Gasteiger partial charge < -0.3 is 4.74 Å². The van der Waals surface area contributed by atoms with E-state index in [0.29, 0.717) is 35.9 Å². The van der Waals surface area contributed by atoms with Gasteiger partial charge >= 0.3 is 0 Å². The van der Waals surface area contributed by atoms with Gasteiger partial charge in [0.1, 0.15) is 11.9 Å². The molecule has 3 aliphatic rings. The summed E-state index contributed by atoms with van der Waals surface area (Å²) in [6.07, 6.45) is 17.7. The first kappa shape index (κ1) is 26.5. The van der Waals surface area contributed by atoms with Crippen LogP contribution in [0, 0.1) is 23.2 Å². The lowest BCUT2D eigenvalue weighted by Gasteiger charge is -2.34. The second kappa shape index (κ2) is 11.8. The van der Waals surface area contributed by atoms with Gasteiger partial charge in [0.25, 0.3) is 0 Å². The molecule has 0 atom stereocenters. The van der Waals surface area contributed by atoms with Crippen molar-refractivity contribution >= 4 is 11.7 Å². The van der Waals surface area contributed by atoms with E-state index in [1.54, 1.807) is 7.11 Å². The lowest BCUT2D eigenvalue weighted by atomic mass is 9.79. The van der Waals surface area contributed by atoms with Gasteiger partial charge in [0.05, 0.1) is 19.3 Å². The summed E-state index contributed by atoms with van der Waals surface area (Å²) in [5, 5.41) is 14.0. The summed E-state index contributed by atoms with van der Waals surface area (Å²) in [6, 6.07) is 10.6. The molecule has 0 aliphatic heterocycles. The van der Waals surface area contributed by atoms with Crippen LogP contribution in [0.1, 0.15) is 94.0 Å². The number of hydrogen-bond donors (Lipinski definition) is 0. The van der Waals surface area contributed by atoms with E-state index in [1.807, 2.05) is 35.5 Å². The molecule has 0 radical (unpaired) electrons. The van der Waals surface area contributed by atoms with Crippen molar-refractivity contribution in [3.8, 4) is 22.9 Å². The molecule has 3 aromatic rings. The number of nitrogens with zero attached hydrogens (tertiary/aromatic N) is 6. The molecular weight excluding hydrogens is 500 g/mol. The predicted octanol–water partition coefficient (Wildman–Crippen LogP) is 6.44. The molecule has 3 heterocycles. The Kier molecular flexibility index (Phi) is 7.81. The van der Waals surface area contributed by atoms with Gasteiger partial charge in [0.15, 0.2) is 11.4 Å². The first-order chi connectivity index (χ1) is 19.6. The van der Waals surface area contributed by atoms with Crippen molar-refractivity contribution in [2.24, 2.45) is 11.8 Å². The van der Waals surface area contributed by atoms with E-state index in [4.69, 9.17) is 9.72 Å². The first-order valence-corrected chi connectivity index (χ1v) is 14.9. The van der Waals surface area contributed by atoms with Crippen molar-refractivity contribution in [1.82, 2.24) is 19.7 Å². The van der Waals surface area contributed by atoms with E-state index in [-0.39, 0.29) is 11.8 Å². The van der Waals surface area contributed by atoms with Crippen LogP contribution in [0.15, 0.2) is 42.9 Å². The smallest absolute Gasteiger partial charge is 0.231 e. The highest BCUT2D eigenvalue weighted by atomic mass is 16.5. The summed E-state index contributed by atoms with van der Waals surface area (Å²) in [5.41, 5.74) is 3.44. The highest BCUT2D eigenvalue weighted by Gasteiger charge is 2.32. The Morgan fingerprint density at radius 3 is 2.58 bits per heavy atom. The van der Waals surface area contributed by atoms with E-state index in [0.717, 1.165) is 74.0 Å². The van der Waals surface area contributed by atoms with Gasteiger partial charge in [0, 0.05) is 42.0 Å². The molecule has 1 amide bonds. The Labute approximate surface area is 236 Å². The Hall–Kier alpha value is -3.73. The fourth-order valence-electron chi connectivity index (χ4n) is 6.47. The molecule has 0 spiro atoms. The monoisotopic (exact) mass is 538 g/mol. The van der Waals surface area contributed by atoms with E-state index >= 15 is 0 Å². The molecule has 3 saturated carbocycles. The van der Waals surface area contributed by atoms with Gasteiger partial charge in [-0.25, -0.2) is 9.97 Å². The zero-order chi connectivity index (χ0) is 27.5. The number of anilines is 1. The lowest BCUT2D eigenvalue weighted by molar-refractivity contribution is -0.123. The average Bonchev–Trinajstić information content (AvgIpc) is 3.75. The maximum absolute atomic E-state index is 14.0. The summed E-state index contributed by atoms with van der Waals surface area (Å²) < 4.78 is 7.34. The number of rotatable bonds is 8. The van der Waals surface area contributed by atoms with Crippen LogP contribution in [-0.2, 0) is 4.79 Å². The number of carbonyl (C=O) groups excluding carboxylic acids is 1. The number of amides is 1. The van der Waals surface area contributed by atoms with Crippen LogP contribution in [0.2, 0.25) is 0 Å². The number of methoxy groups -OCH3 is 1. The molecule has 0 N–H and O–H groups in total. The molecule has 8 heteroatoms. The summed E-state index contributed by atoms with van der Waals surface area (Å²) >= 11 is 0. The molecule has 0 unspecified atom stereocenters. The molecule has 8 nitrogen and oxygen atoms in total. The zero-order valence-corrected chi connectivity index (χ0v) is 23.3. The molecule has 3 aromatic heterocycles. The van der Waals surface area contributed by atoms with Gasteiger partial charge in [-0.05, 0) is 87.1 Å². The summed E-state index contributed by atoms with van der Waals surface area (Å²) in [6.45, 7) is 0.694. The molecule has 3 aliphatic carbocycles. The summed E-state index contributed by atoms with van der Waals surface area (Å²) in [5.74, 6) is 2.31. The van der Waals surface area contributed by atoms with E-state index in [9.17, 15) is 10.1 Å². The maximum Gasteiger partial charge on any atom is 0.231 e. The Morgan fingerprint density at radius 2 is 1.85 bits per heavy atom. The Morgan fingerprint density at radius 1 is 1.05 bits per heavy atom. The third-order valence-electron chi connectivity index (χ3n) is 9.01.